The third-order valence-electron chi connectivity index (χ3n) is 9.57. The highest BCUT2D eigenvalue weighted by molar-refractivity contribution is 5.79. The maximum Gasteiger partial charge on any atom is 0.407 e. The SMILES string of the molecule is CO[C@H]1O[C@H](COC(c2ccccc2)(c2ccccc2)c2ccccc2)[C@@H](O)[C@H](OC(=O)CNC(=O)OCc2ccccc2)[C@H]1OC(=O)CNC(=O)OCc1ccccc1. The number of aliphatic hydroxyl groups excluding tert-OH is 1. The zero-order chi connectivity index (χ0) is 42.2. The van der Waals surface area contributed by atoms with Gasteiger partial charge in [0.15, 0.2) is 18.5 Å². The molecular formula is C46H46N2O12. The van der Waals surface area contributed by atoms with Crippen LogP contribution in [0.25, 0.3) is 0 Å². The van der Waals surface area contributed by atoms with Crippen LogP contribution in [-0.2, 0) is 61.6 Å². The fourth-order valence-corrected chi connectivity index (χ4v) is 6.68. The number of aliphatic hydroxyl groups is 1. The van der Waals surface area contributed by atoms with Gasteiger partial charge in [0.1, 0.15) is 44.1 Å². The van der Waals surface area contributed by atoms with Crippen molar-refractivity contribution >= 4 is 24.1 Å². The molecule has 6 rings (SSSR count). The minimum Gasteiger partial charge on any atom is -0.454 e. The van der Waals surface area contributed by atoms with Gasteiger partial charge in [-0.2, -0.15) is 0 Å². The number of hydrogen-bond donors (Lipinski definition) is 3. The first kappa shape index (κ1) is 43.0. The molecule has 14 nitrogen and oxygen atoms in total. The van der Waals surface area contributed by atoms with E-state index in [1.54, 1.807) is 48.5 Å². The van der Waals surface area contributed by atoms with Gasteiger partial charge < -0.3 is 48.9 Å². The molecule has 5 aromatic carbocycles. The lowest BCUT2D eigenvalue weighted by molar-refractivity contribution is -0.304. The van der Waals surface area contributed by atoms with E-state index in [2.05, 4.69) is 10.6 Å². The minimum absolute atomic E-state index is 0.0362. The molecule has 1 heterocycles. The smallest absolute Gasteiger partial charge is 0.407 e. The molecule has 1 aliphatic heterocycles. The van der Waals surface area contributed by atoms with E-state index < -0.39 is 73.5 Å². The second-order valence-corrected chi connectivity index (χ2v) is 13.6. The number of carbonyl (C=O) groups excluding carboxylic acids is 4. The average Bonchev–Trinajstić information content (AvgIpc) is 3.30. The van der Waals surface area contributed by atoms with E-state index in [1.165, 1.54) is 7.11 Å². The summed E-state index contributed by atoms with van der Waals surface area (Å²) in [5.74, 6) is -1.98. The van der Waals surface area contributed by atoms with E-state index in [1.807, 2.05) is 103 Å². The fraction of sp³-hybridized carbons (Fsp3) is 0.261. The molecule has 0 unspecified atom stereocenters. The van der Waals surface area contributed by atoms with Gasteiger partial charge in [-0.15, -0.1) is 0 Å². The summed E-state index contributed by atoms with van der Waals surface area (Å²) in [6.07, 6.45) is -9.25. The van der Waals surface area contributed by atoms with Crippen LogP contribution in [0.3, 0.4) is 0 Å². The van der Waals surface area contributed by atoms with Crippen LogP contribution >= 0.6 is 0 Å². The van der Waals surface area contributed by atoms with Crippen molar-refractivity contribution in [2.24, 2.45) is 0 Å². The van der Waals surface area contributed by atoms with E-state index in [0.29, 0.717) is 0 Å². The first-order chi connectivity index (χ1) is 29.3. The third-order valence-corrected chi connectivity index (χ3v) is 9.57. The van der Waals surface area contributed by atoms with Crippen LogP contribution in [-0.4, -0.2) is 86.7 Å². The molecule has 60 heavy (non-hydrogen) atoms. The van der Waals surface area contributed by atoms with Crippen molar-refractivity contribution < 1.29 is 57.4 Å². The summed E-state index contributed by atoms with van der Waals surface area (Å²) in [5, 5.41) is 16.6. The molecule has 0 spiro atoms. The van der Waals surface area contributed by atoms with Gasteiger partial charge in [-0.05, 0) is 27.8 Å². The number of ether oxygens (including phenoxy) is 7. The molecule has 14 heteroatoms. The summed E-state index contributed by atoms with van der Waals surface area (Å²) in [7, 11) is 1.28. The Morgan fingerprint density at radius 3 is 1.37 bits per heavy atom. The molecule has 1 saturated heterocycles. The molecule has 5 aromatic rings. The second kappa shape index (κ2) is 21.4. The van der Waals surface area contributed by atoms with E-state index in [0.717, 1.165) is 27.8 Å². The Kier molecular flexibility index (Phi) is 15.4. The quantitative estimate of drug-likeness (QED) is 0.0620. The monoisotopic (exact) mass is 818 g/mol. The number of methoxy groups -OCH3 is 1. The van der Waals surface area contributed by atoms with Gasteiger partial charge in [0.25, 0.3) is 0 Å². The lowest BCUT2D eigenvalue weighted by Gasteiger charge is -2.44. The minimum atomic E-state index is -1.67. The number of alkyl carbamates (subject to hydrolysis) is 2. The predicted octanol–water partition coefficient (Wildman–Crippen LogP) is 5.40. The number of amides is 2. The first-order valence-electron chi connectivity index (χ1n) is 19.2. The Hall–Kier alpha value is -6.58. The summed E-state index contributed by atoms with van der Waals surface area (Å²) in [6, 6.07) is 46.5. The highest BCUT2D eigenvalue weighted by Gasteiger charge is 2.51. The van der Waals surface area contributed by atoms with Crippen LogP contribution in [0.2, 0.25) is 0 Å². The van der Waals surface area contributed by atoms with Gasteiger partial charge in [-0.1, -0.05) is 152 Å². The Morgan fingerprint density at radius 2 is 0.967 bits per heavy atom. The zero-order valence-electron chi connectivity index (χ0n) is 32.8. The van der Waals surface area contributed by atoms with Crippen molar-refractivity contribution in [3.05, 3.63) is 179 Å². The van der Waals surface area contributed by atoms with Gasteiger partial charge in [0, 0.05) is 7.11 Å². The zero-order valence-corrected chi connectivity index (χ0v) is 32.8. The first-order valence-corrected chi connectivity index (χ1v) is 19.2. The van der Waals surface area contributed by atoms with Gasteiger partial charge >= 0.3 is 24.1 Å². The summed E-state index contributed by atoms with van der Waals surface area (Å²) >= 11 is 0. The van der Waals surface area contributed by atoms with Crippen LogP contribution in [0.5, 0.6) is 0 Å². The Labute approximate surface area is 347 Å². The molecule has 312 valence electrons. The van der Waals surface area contributed by atoms with Gasteiger partial charge in [0.05, 0.1) is 6.61 Å². The molecule has 0 aromatic heterocycles. The van der Waals surface area contributed by atoms with Crippen LogP contribution in [0.4, 0.5) is 9.59 Å². The molecule has 2 amide bonds. The van der Waals surface area contributed by atoms with E-state index >= 15 is 0 Å². The molecule has 0 bridgehead atoms. The van der Waals surface area contributed by atoms with E-state index in [9.17, 15) is 24.3 Å². The van der Waals surface area contributed by atoms with Gasteiger partial charge in [0.2, 0.25) is 0 Å². The van der Waals surface area contributed by atoms with Crippen molar-refractivity contribution in [3.63, 3.8) is 0 Å². The highest BCUT2D eigenvalue weighted by atomic mass is 16.7. The maximum atomic E-state index is 13.3. The molecule has 0 radical (unpaired) electrons. The molecule has 3 N–H and O–H groups in total. The molecule has 1 fully saturated rings. The lowest BCUT2D eigenvalue weighted by Crippen LogP contribution is -2.62. The van der Waals surface area contributed by atoms with Crippen molar-refractivity contribution in [2.75, 3.05) is 26.8 Å². The van der Waals surface area contributed by atoms with Crippen molar-refractivity contribution in [2.45, 2.75) is 49.5 Å². The number of rotatable bonds is 17. The standard InChI is InChI=1S/C46H46N2O12/c1-54-43-42(60-39(50)28-48-45(53)56-30-33-19-9-3-10-20-33)41(59-38(49)27-47-44(52)55-29-32-17-7-2-8-18-32)40(51)37(58-43)31-57-46(34-21-11-4-12-22-34,35-23-13-5-14-24-35)36-25-15-6-16-26-36/h2-26,37,40-43,51H,27-31H2,1H3,(H,47,52)(H,48,53)/t37-,40-,41+,42-,43+/m1/s1. The normalized spacial score (nSPS) is 18.7. The average molecular weight is 819 g/mol. The Balaban J connectivity index is 1.20. The molecular weight excluding hydrogens is 773 g/mol. The summed E-state index contributed by atoms with van der Waals surface area (Å²) in [5.41, 5.74) is 2.61. The van der Waals surface area contributed by atoms with Crippen molar-refractivity contribution in [3.8, 4) is 0 Å². The Morgan fingerprint density at radius 1 is 0.583 bits per heavy atom. The lowest BCUT2D eigenvalue weighted by atomic mass is 9.80. The number of hydrogen-bond acceptors (Lipinski definition) is 12. The number of carbonyl (C=O) groups is 4. The van der Waals surface area contributed by atoms with Crippen LogP contribution in [0.1, 0.15) is 27.8 Å². The summed E-state index contributed by atoms with van der Waals surface area (Å²) in [4.78, 5) is 51.3. The molecule has 1 aliphatic rings. The third kappa shape index (κ3) is 11.3. The maximum absolute atomic E-state index is 13.3. The Bertz CT molecular complexity index is 2010. The van der Waals surface area contributed by atoms with E-state index in [-0.39, 0.29) is 19.8 Å². The summed E-state index contributed by atoms with van der Waals surface area (Å²) in [6.45, 7) is -1.67. The van der Waals surface area contributed by atoms with Crippen LogP contribution in [0.15, 0.2) is 152 Å². The number of nitrogens with one attached hydrogen (secondary N) is 2. The van der Waals surface area contributed by atoms with Crippen molar-refractivity contribution in [1.29, 1.82) is 0 Å². The second-order valence-electron chi connectivity index (χ2n) is 13.6. The van der Waals surface area contributed by atoms with Crippen molar-refractivity contribution in [1.82, 2.24) is 10.6 Å². The van der Waals surface area contributed by atoms with Gasteiger partial charge in [-0.25, -0.2) is 9.59 Å². The number of benzene rings is 5. The molecule has 5 atom stereocenters. The summed E-state index contributed by atoms with van der Waals surface area (Å²) < 4.78 is 40.5. The van der Waals surface area contributed by atoms with Crippen LogP contribution in [0, 0.1) is 0 Å². The largest absolute Gasteiger partial charge is 0.454 e. The topological polar surface area (TPSA) is 177 Å². The highest BCUT2D eigenvalue weighted by Crippen LogP contribution is 2.41. The molecule has 0 aliphatic carbocycles. The number of esters is 2. The fourth-order valence-electron chi connectivity index (χ4n) is 6.68. The van der Waals surface area contributed by atoms with E-state index in [4.69, 9.17) is 33.2 Å². The molecule has 0 saturated carbocycles. The van der Waals surface area contributed by atoms with Crippen LogP contribution < -0.4 is 10.6 Å². The predicted molar refractivity (Wildman–Crippen MR) is 216 cm³/mol. The van der Waals surface area contributed by atoms with Gasteiger partial charge in [-0.3, -0.25) is 9.59 Å².